The lowest BCUT2D eigenvalue weighted by Gasteiger charge is -2.32. The molecule has 1 fully saturated rings. The molecule has 2 aromatic rings. The molecule has 0 radical (unpaired) electrons. The minimum Gasteiger partial charge on any atom is -0.386 e. The Morgan fingerprint density at radius 1 is 1.30 bits per heavy atom. The first kappa shape index (κ1) is 13.2. The maximum absolute atomic E-state index is 14.2. The first-order valence-corrected chi connectivity index (χ1v) is 7.20. The third kappa shape index (κ3) is 2.19. The second-order valence-corrected chi connectivity index (χ2v) is 5.58. The molecule has 0 bridgehead atoms. The number of anilines is 2. The highest BCUT2D eigenvalue weighted by atomic mass is 19.1. The molecule has 1 N–H and O–H groups in total. The number of benzene rings is 1. The van der Waals surface area contributed by atoms with Crippen molar-refractivity contribution in [3.63, 3.8) is 0 Å². The van der Waals surface area contributed by atoms with Crippen LogP contribution >= 0.6 is 0 Å². The molecule has 4 heteroatoms. The first-order chi connectivity index (χ1) is 9.70. The fraction of sp³-hybridized carbons (Fsp3) is 0.438. The minimum atomic E-state index is -0.194. The SMILES string of the molecule is CNc1cnc(N2CCC(C)CC2)c2cccc(F)c12. The summed E-state index contributed by atoms with van der Waals surface area (Å²) >= 11 is 0. The fourth-order valence-corrected chi connectivity index (χ4v) is 2.91. The molecule has 3 rings (SSSR count). The Labute approximate surface area is 118 Å². The summed E-state index contributed by atoms with van der Waals surface area (Å²) in [6.07, 6.45) is 4.08. The van der Waals surface area contributed by atoms with Crippen LogP contribution in [0.1, 0.15) is 19.8 Å². The number of pyridine rings is 1. The number of fused-ring (bicyclic) bond motifs is 1. The van der Waals surface area contributed by atoms with E-state index >= 15 is 0 Å². The Balaban J connectivity index is 2.10. The smallest absolute Gasteiger partial charge is 0.136 e. The van der Waals surface area contributed by atoms with Crippen molar-refractivity contribution in [1.29, 1.82) is 0 Å². The fourth-order valence-electron chi connectivity index (χ4n) is 2.91. The third-order valence-electron chi connectivity index (χ3n) is 4.19. The molecule has 0 unspecified atom stereocenters. The van der Waals surface area contributed by atoms with Crippen molar-refractivity contribution in [2.45, 2.75) is 19.8 Å². The van der Waals surface area contributed by atoms with Crippen molar-refractivity contribution in [3.05, 3.63) is 30.2 Å². The van der Waals surface area contributed by atoms with Crippen LogP contribution in [-0.2, 0) is 0 Å². The molecule has 0 saturated carbocycles. The van der Waals surface area contributed by atoms with Gasteiger partial charge in [0.05, 0.1) is 11.9 Å². The highest BCUT2D eigenvalue weighted by Gasteiger charge is 2.20. The standard InChI is InChI=1S/C16H20FN3/c1-11-6-8-20(9-7-11)16-12-4-3-5-13(17)15(12)14(18-2)10-19-16/h3-5,10-11,18H,6-9H2,1-2H3. The summed E-state index contributed by atoms with van der Waals surface area (Å²) in [5, 5.41) is 4.56. The van der Waals surface area contributed by atoms with Gasteiger partial charge in [0.1, 0.15) is 11.6 Å². The first-order valence-electron chi connectivity index (χ1n) is 7.20. The Morgan fingerprint density at radius 2 is 2.05 bits per heavy atom. The Morgan fingerprint density at radius 3 is 2.75 bits per heavy atom. The largest absolute Gasteiger partial charge is 0.386 e. The van der Waals surface area contributed by atoms with Gasteiger partial charge in [0, 0.05) is 30.9 Å². The molecule has 0 spiro atoms. The molecule has 1 saturated heterocycles. The summed E-state index contributed by atoms with van der Waals surface area (Å²) in [6, 6.07) is 5.22. The van der Waals surface area contributed by atoms with E-state index < -0.39 is 0 Å². The molecule has 1 aromatic carbocycles. The number of nitrogens with zero attached hydrogens (tertiary/aromatic N) is 2. The molecule has 1 aliphatic heterocycles. The molecule has 3 nitrogen and oxygen atoms in total. The second-order valence-electron chi connectivity index (χ2n) is 5.58. The van der Waals surface area contributed by atoms with Crippen LogP contribution in [0.4, 0.5) is 15.9 Å². The van der Waals surface area contributed by atoms with E-state index in [1.54, 1.807) is 19.3 Å². The van der Waals surface area contributed by atoms with Crippen LogP contribution in [0.3, 0.4) is 0 Å². The normalized spacial score (nSPS) is 16.6. The maximum atomic E-state index is 14.2. The van der Waals surface area contributed by atoms with Gasteiger partial charge in [-0.15, -0.1) is 0 Å². The number of piperidine rings is 1. The average molecular weight is 273 g/mol. The van der Waals surface area contributed by atoms with Crippen LogP contribution in [-0.4, -0.2) is 25.1 Å². The molecular weight excluding hydrogens is 253 g/mol. The lowest BCUT2D eigenvalue weighted by molar-refractivity contribution is 0.437. The van der Waals surface area contributed by atoms with Crippen LogP contribution in [0.2, 0.25) is 0 Å². The third-order valence-corrected chi connectivity index (χ3v) is 4.19. The number of nitrogens with one attached hydrogen (secondary N) is 1. The predicted octanol–water partition coefficient (Wildman–Crippen LogP) is 3.65. The highest BCUT2D eigenvalue weighted by Crippen LogP contribution is 2.33. The zero-order chi connectivity index (χ0) is 14.1. The van der Waals surface area contributed by atoms with Crippen LogP contribution < -0.4 is 10.2 Å². The average Bonchev–Trinajstić information content (AvgIpc) is 2.47. The molecular formula is C16H20FN3. The van der Waals surface area contributed by atoms with Crippen LogP contribution in [0.25, 0.3) is 10.8 Å². The number of halogens is 1. The van der Waals surface area contributed by atoms with Crippen molar-refractivity contribution in [1.82, 2.24) is 4.98 Å². The number of hydrogen-bond acceptors (Lipinski definition) is 3. The molecule has 0 aliphatic carbocycles. The van der Waals surface area contributed by atoms with Gasteiger partial charge in [0.15, 0.2) is 0 Å². The van der Waals surface area contributed by atoms with Crippen molar-refractivity contribution in [2.24, 2.45) is 5.92 Å². The van der Waals surface area contributed by atoms with Gasteiger partial charge in [-0.2, -0.15) is 0 Å². The topological polar surface area (TPSA) is 28.2 Å². The van der Waals surface area contributed by atoms with E-state index in [1.165, 1.54) is 18.9 Å². The summed E-state index contributed by atoms with van der Waals surface area (Å²) in [7, 11) is 1.80. The Bertz CT molecular complexity index is 618. The quantitative estimate of drug-likeness (QED) is 0.905. The van der Waals surface area contributed by atoms with Gasteiger partial charge in [-0.3, -0.25) is 0 Å². The number of hydrogen-bond donors (Lipinski definition) is 1. The van der Waals surface area contributed by atoms with Crippen molar-refractivity contribution in [3.8, 4) is 0 Å². The molecule has 0 amide bonds. The Hall–Kier alpha value is -1.84. The van der Waals surface area contributed by atoms with E-state index in [-0.39, 0.29) is 5.82 Å². The summed E-state index contributed by atoms with van der Waals surface area (Å²) in [5.74, 6) is 1.48. The molecule has 1 aromatic heterocycles. The summed E-state index contributed by atoms with van der Waals surface area (Å²) in [5.41, 5.74) is 0.743. The summed E-state index contributed by atoms with van der Waals surface area (Å²) < 4.78 is 14.2. The van der Waals surface area contributed by atoms with E-state index in [0.29, 0.717) is 5.39 Å². The molecule has 106 valence electrons. The highest BCUT2D eigenvalue weighted by molar-refractivity contribution is 6.00. The number of rotatable bonds is 2. The van der Waals surface area contributed by atoms with E-state index in [1.807, 2.05) is 6.07 Å². The monoisotopic (exact) mass is 273 g/mol. The molecule has 1 aliphatic rings. The number of aromatic nitrogens is 1. The molecule has 2 heterocycles. The van der Waals surface area contributed by atoms with Crippen molar-refractivity contribution < 1.29 is 4.39 Å². The zero-order valence-electron chi connectivity index (χ0n) is 12.0. The minimum absolute atomic E-state index is 0.194. The van der Waals surface area contributed by atoms with E-state index in [2.05, 4.69) is 22.1 Å². The van der Waals surface area contributed by atoms with Gasteiger partial charge < -0.3 is 10.2 Å². The van der Waals surface area contributed by atoms with E-state index in [9.17, 15) is 4.39 Å². The van der Waals surface area contributed by atoms with Gasteiger partial charge in [0.2, 0.25) is 0 Å². The second kappa shape index (κ2) is 5.27. The lowest BCUT2D eigenvalue weighted by Crippen LogP contribution is -2.33. The Kier molecular flexibility index (Phi) is 3.47. The van der Waals surface area contributed by atoms with Gasteiger partial charge in [-0.05, 0) is 24.8 Å². The predicted molar refractivity (Wildman–Crippen MR) is 81.9 cm³/mol. The van der Waals surface area contributed by atoms with Gasteiger partial charge >= 0.3 is 0 Å². The maximum Gasteiger partial charge on any atom is 0.136 e. The lowest BCUT2D eigenvalue weighted by atomic mass is 9.98. The van der Waals surface area contributed by atoms with Crippen LogP contribution in [0.15, 0.2) is 24.4 Å². The zero-order valence-corrected chi connectivity index (χ0v) is 12.0. The molecule has 20 heavy (non-hydrogen) atoms. The molecule has 0 atom stereocenters. The van der Waals surface area contributed by atoms with Gasteiger partial charge in [-0.1, -0.05) is 19.1 Å². The summed E-state index contributed by atoms with van der Waals surface area (Å²) in [6.45, 7) is 4.28. The van der Waals surface area contributed by atoms with E-state index in [0.717, 1.165) is 35.9 Å². The van der Waals surface area contributed by atoms with Gasteiger partial charge in [0.25, 0.3) is 0 Å². The summed E-state index contributed by atoms with van der Waals surface area (Å²) in [4.78, 5) is 6.84. The van der Waals surface area contributed by atoms with Crippen molar-refractivity contribution in [2.75, 3.05) is 30.4 Å². The van der Waals surface area contributed by atoms with Crippen LogP contribution in [0.5, 0.6) is 0 Å². The van der Waals surface area contributed by atoms with Gasteiger partial charge in [-0.25, -0.2) is 9.37 Å². The van der Waals surface area contributed by atoms with Crippen molar-refractivity contribution >= 4 is 22.3 Å². The van der Waals surface area contributed by atoms with E-state index in [4.69, 9.17) is 0 Å². The van der Waals surface area contributed by atoms with Crippen LogP contribution in [0, 0.1) is 11.7 Å².